The molecule has 98 valence electrons. The highest BCUT2D eigenvalue weighted by atomic mass is 79.9. The fraction of sp³-hybridized carbons (Fsp3) is 0.417. The minimum absolute atomic E-state index is 0.223. The number of rotatable bonds is 4. The summed E-state index contributed by atoms with van der Waals surface area (Å²) in [7, 11) is 0. The Morgan fingerprint density at radius 1 is 1.50 bits per heavy atom. The first-order valence-corrected chi connectivity index (χ1v) is 6.58. The molecule has 2 aromatic heterocycles. The first-order valence-electron chi connectivity index (χ1n) is 5.79. The van der Waals surface area contributed by atoms with Crippen LogP contribution in [0.5, 0.6) is 0 Å². The van der Waals surface area contributed by atoms with E-state index < -0.39 is 0 Å². The quantitative estimate of drug-likeness (QED) is 0.672. The fourth-order valence-electron chi connectivity index (χ4n) is 1.99. The summed E-state index contributed by atoms with van der Waals surface area (Å²) in [5.41, 5.74) is 4.82. The van der Waals surface area contributed by atoms with Crippen molar-refractivity contribution in [3.8, 4) is 0 Å². The normalized spacial score (nSPS) is 13.2. The molecule has 18 heavy (non-hydrogen) atoms. The highest BCUT2D eigenvalue weighted by Gasteiger charge is 2.25. The van der Waals surface area contributed by atoms with Gasteiger partial charge in [-0.25, -0.2) is 5.43 Å². The second-order valence-corrected chi connectivity index (χ2v) is 5.34. The average Bonchev–Trinajstić information content (AvgIpc) is 2.89. The predicted molar refractivity (Wildman–Crippen MR) is 72.9 cm³/mol. The van der Waals surface area contributed by atoms with Gasteiger partial charge in [-0.2, -0.15) is 5.10 Å². The van der Waals surface area contributed by atoms with Gasteiger partial charge in [0.2, 0.25) is 0 Å². The molecule has 0 saturated carbocycles. The third-order valence-corrected chi connectivity index (χ3v) is 3.49. The smallest absolute Gasteiger partial charge is 0.131 e. The van der Waals surface area contributed by atoms with Gasteiger partial charge in [0, 0.05) is 6.04 Å². The Morgan fingerprint density at radius 2 is 2.22 bits per heavy atom. The van der Waals surface area contributed by atoms with Gasteiger partial charge in [0.15, 0.2) is 0 Å². The van der Waals surface area contributed by atoms with Crippen LogP contribution < -0.4 is 11.3 Å². The van der Waals surface area contributed by atoms with Crippen LogP contribution in [0.1, 0.15) is 42.9 Å². The number of nitrogens with two attached hydrogens (primary N) is 1. The van der Waals surface area contributed by atoms with E-state index in [0.717, 1.165) is 21.5 Å². The van der Waals surface area contributed by atoms with Crippen molar-refractivity contribution in [1.82, 2.24) is 15.2 Å². The molecule has 0 radical (unpaired) electrons. The molecule has 0 aliphatic rings. The van der Waals surface area contributed by atoms with Crippen LogP contribution in [-0.4, -0.2) is 9.78 Å². The monoisotopic (exact) mass is 312 g/mol. The molecule has 1 unspecified atom stereocenters. The Bertz CT molecular complexity index is 532. The van der Waals surface area contributed by atoms with Crippen molar-refractivity contribution in [1.29, 1.82) is 0 Å². The molecule has 0 fully saturated rings. The molecule has 2 rings (SSSR count). The molecule has 6 heteroatoms. The van der Waals surface area contributed by atoms with Crippen molar-refractivity contribution in [2.45, 2.75) is 32.9 Å². The number of hydrazine groups is 1. The topological polar surface area (TPSA) is 69.0 Å². The summed E-state index contributed by atoms with van der Waals surface area (Å²) in [5.74, 6) is 6.50. The van der Waals surface area contributed by atoms with Gasteiger partial charge in [0.05, 0.1) is 22.6 Å². The van der Waals surface area contributed by atoms with Crippen LogP contribution in [0.25, 0.3) is 0 Å². The van der Waals surface area contributed by atoms with Gasteiger partial charge in [0.1, 0.15) is 11.8 Å². The van der Waals surface area contributed by atoms with Crippen molar-refractivity contribution in [2.75, 3.05) is 0 Å². The van der Waals surface area contributed by atoms with Crippen LogP contribution in [0.15, 0.2) is 27.4 Å². The van der Waals surface area contributed by atoms with Crippen LogP contribution in [-0.2, 0) is 0 Å². The van der Waals surface area contributed by atoms with Gasteiger partial charge in [0.25, 0.3) is 0 Å². The summed E-state index contributed by atoms with van der Waals surface area (Å²) in [6.45, 7) is 6.14. The van der Waals surface area contributed by atoms with Gasteiger partial charge < -0.3 is 4.42 Å². The lowest BCUT2D eigenvalue weighted by Gasteiger charge is -2.19. The molecule has 0 aromatic carbocycles. The highest BCUT2D eigenvalue weighted by Crippen LogP contribution is 2.31. The first kappa shape index (κ1) is 13.3. The molecule has 0 aliphatic carbocycles. The Morgan fingerprint density at radius 3 is 2.72 bits per heavy atom. The van der Waals surface area contributed by atoms with Crippen LogP contribution in [0.2, 0.25) is 0 Å². The van der Waals surface area contributed by atoms with E-state index in [2.05, 4.69) is 40.3 Å². The van der Waals surface area contributed by atoms with Crippen LogP contribution in [0.4, 0.5) is 0 Å². The Labute approximate surface area is 114 Å². The molecular formula is C12H17BrN4O. The first-order chi connectivity index (χ1) is 8.56. The maximum atomic E-state index is 5.69. The lowest BCUT2D eigenvalue weighted by molar-refractivity contribution is 0.413. The summed E-state index contributed by atoms with van der Waals surface area (Å²) < 4.78 is 8.37. The van der Waals surface area contributed by atoms with Gasteiger partial charge in [-0.1, -0.05) is 0 Å². The largest absolute Gasteiger partial charge is 0.467 e. The number of nitrogens with zero attached hydrogens (tertiary/aromatic N) is 2. The third kappa shape index (κ3) is 2.23. The maximum absolute atomic E-state index is 5.69. The maximum Gasteiger partial charge on any atom is 0.131 e. The van der Waals surface area contributed by atoms with Gasteiger partial charge in [-0.15, -0.1) is 0 Å². The zero-order chi connectivity index (χ0) is 13.3. The second-order valence-electron chi connectivity index (χ2n) is 4.48. The lowest BCUT2D eigenvalue weighted by atomic mass is 10.1. The fourth-order valence-corrected chi connectivity index (χ4v) is 2.49. The molecule has 0 aliphatic heterocycles. The number of hydrogen-bond acceptors (Lipinski definition) is 4. The second kappa shape index (κ2) is 5.26. The molecule has 0 amide bonds. The zero-order valence-corrected chi connectivity index (χ0v) is 12.2. The predicted octanol–water partition coefficient (Wildman–Crippen LogP) is 2.68. The summed E-state index contributed by atoms with van der Waals surface area (Å²) in [5, 5.41) is 4.36. The minimum Gasteiger partial charge on any atom is -0.467 e. The van der Waals surface area contributed by atoms with E-state index >= 15 is 0 Å². The van der Waals surface area contributed by atoms with Crippen molar-refractivity contribution in [2.24, 2.45) is 5.84 Å². The van der Waals surface area contributed by atoms with Crippen LogP contribution in [0.3, 0.4) is 0 Å². The molecule has 0 saturated heterocycles. The number of aryl methyl sites for hydroxylation is 1. The SMILES string of the molecule is Cc1ccoc1C(NN)c1c(Br)cnn1C(C)C. The number of hydrogen-bond donors (Lipinski definition) is 2. The Balaban J connectivity index is 2.52. The average molecular weight is 313 g/mol. The van der Waals surface area contributed by atoms with Crippen molar-refractivity contribution in [3.63, 3.8) is 0 Å². The molecule has 1 atom stereocenters. The molecule has 2 heterocycles. The van der Waals surface area contributed by atoms with Crippen LogP contribution in [0, 0.1) is 6.92 Å². The number of nitrogens with one attached hydrogen (secondary N) is 1. The summed E-state index contributed by atoms with van der Waals surface area (Å²) in [6.07, 6.45) is 3.44. The van der Waals surface area contributed by atoms with Crippen molar-refractivity contribution in [3.05, 3.63) is 40.0 Å². The minimum atomic E-state index is -0.223. The molecule has 0 spiro atoms. The van der Waals surface area contributed by atoms with Gasteiger partial charge in [-0.3, -0.25) is 10.5 Å². The van der Waals surface area contributed by atoms with Crippen LogP contribution >= 0.6 is 15.9 Å². The Hall–Kier alpha value is -1.11. The zero-order valence-electron chi connectivity index (χ0n) is 10.6. The van der Waals surface area contributed by atoms with E-state index in [1.165, 1.54) is 0 Å². The van der Waals surface area contributed by atoms with E-state index in [1.54, 1.807) is 12.5 Å². The standard InChI is InChI=1S/C12H17BrN4O/c1-7(2)17-11(9(13)6-15-17)10(16-14)12-8(3)4-5-18-12/h4-7,10,16H,14H2,1-3H3. The van der Waals surface area contributed by atoms with Crippen molar-refractivity contribution < 1.29 is 4.42 Å². The molecule has 5 nitrogen and oxygen atoms in total. The van der Waals surface area contributed by atoms with Gasteiger partial charge >= 0.3 is 0 Å². The molecular weight excluding hydrogens is 296 g/mol. The lowest BCUT2D eigenvalue weighted by Crippen LogP contribution is -2.31. The summed E-state index contributed by atoms with van der Waals surface area (Å²) >= 11 is 3.52. The van der Waals surface area contributed by atoms with E-state index in [-0.39, 0.29) is 12.1 Å². The van der Waals surface area contributed by atoms with E-state index in [9.17, 15) is 0 Å². The van der Waals surface area contributed by atoms with E-state index in [1.807, 2.05) is 17.7 Å². The van der Waals surface area contributed by atoms with Crippen molar-refractivity contribution >= 4 is 15.9 Å². The molecule has 0 bridgehead atoms. The molecule has 2 aromatic rings. The summed E-state index contributed by atoms with van der Waals surface area (Å²) in [4.78, 5) is 0. The highest BCUT2D eigenvalue weighted by molar-refractivity contribution is 9.10. The van der Waals surface area contributed by atoms with E-state index in [4.69, 9.17) is 10.3 Å². The Kier molecular flexibility index (Phi) is 3.89. The number of halogens is 1. The third-order valence-electron chi connectivity index (χ3n) is 2.88. The van der Waals surface area contributed by atoms with Gasteiger partial charge in [-0.05, 0) is 48.3 Å². The van der Waals surface area contributed by atoms with E-state index in [0.29, 0.717) is 0 Å². The summed E-state index contributed by atoms with van der Waals surface area (Å²) in [6, 6.07) is 1.95. The number of aromatic nitrogens is 2. The number of furan rings is 1. The molecule has 3 N–H and O–H groups in total.